The summed E-state index contributed by atoms with van der Waals surface area (Å²) < 4.78 is 32.1. The molecule has 2 aliphatic rings. The standard InChI is InChI=1S/C22H27N3O4S/c26-22(19-5-3-4-18(16-19)17-24-12-14-29-15-13-24)23-20-6-8-21(9-7-20)30(27,28)25-10-1-2-11-25/h3-9,16H,1-2,10-15,17H2,(H,23,26). The van der Waals surface area contributed by atoms with Crippen LogP contribution >= 0.6 is 0 Å². The van der Waals surface area contributed by atoms with Gasteiger partial charge in [0, 0.05) is 44.0 Å². The summed E-state index contributed by atoms with van der Waals surface area (Å²) in [5, 5.41) is 2.86. The number of carbonyl (C=O) groups excluding carboxylic acids is 1. The number of carbonyl (C=O) groups is 1. The Balaban J connectivity index is 1.40. The molecule has 2 heterocycles. The van der Waals surface area contributed by atoms with E-state index in [1.54, 1.807) is 30.3 Å². The van der Waals surface area contributed by atoms with Crippen molar-refractivity contribution in [1.29, 1.82) is 0 Å². The predicted molar refractivity (Wildman–Crippen MR) is 115 cm³/mol. The minimum absolute atomic E-state index is 0.214. The fourth-order valence-electron chi connectivity index (χ4n) is 3.82. The SMILES string of the molecule is O=C(Nc1ccc(S(=O)(=O)N2CCCC2)cc1)c1cccc(CN2CCOCC2)c1. The quantitative estimate of drug-likeness (QED) is 0.764. The Labute approximate surface area is 177 Å². The van der Waals surface area contributed by atoms with Crippen molar-refractivity contribution in [2.24, 2.45) is 0 Å². The van der Waals surface area contributed by atoms with Crippen LogP contribution < -0.4 is 5.32 Å². The van der Waals surface area contributed by atoms with Gasteiger partial charge < -0.3 is 10.1 Å². The van der Waals surface area contributed by atoms with Crippen molar-refractivity contribution >= 4 is 21.6 Å². The Morgan fingerprint density at radius 2 is 1.67 bits per heavy atom. The van der Waals surface area contributed by atoms with Crippen LogP contribution in [0.25, 0.3) is 0 Å². The molecule has 0 radical (unpaired) electrons. The number of rotatable bonds is 6. The Kier molecular flexibility index (Phi) is 6.48. The summed E-state index contributed by atoms with van der Waals surface area (Å²) in [6, 6.07) is 14.0. The van der Waals surface area contributed by atoms with Crippen LogP contribution in [0.2, 0.25) is 0 Å². The van der Waals surface area contributed by atoms with E-state index >= 15 is 0 Å². The third-order valence-corrected chi connectivity index (χ3v) is 7.43. The van der Waals surface area contributed by atoms with Gasteiger partial charge in [-0.15, -0.1) is 0 Å². The van der Waals surface area contributed by atoms with Crippen molar-refractivity contribution in [2.45, 2.75) is 24.3 Å². The van der Waals surface area contributed by atoms with Crippen molar-refractivity contribution < 1.29 is 17.9 Å². The second-order valence-electron chi connectivity index (χ2n) is 7.68. The highest BCUT2D eigenvalue weighted by atomic mass is 32.2. The minimum Gasteiger partial charge on any atom is -0.379 e. The van der Waals surface area contributed by atoms with E-state index in [4.69, 9.17) is 4.74 Å². The summed E-state index contributed by atoms with van der Waals surface area (Å²) in [4.78, 5) is 15.2. The molecule has 0 atom stereocenters. The maximum absolute atomic E-state index is 12.7. The first kappa shape index (κ1) is 21.0. The lowest BCUT2D eigenvalue weighted by atomic mass is 10.1. The lowest BCUT2D eigenvalue weighted by Gasteiger charge is -2.26. The summed E-state index contributed by atoms with van der Waals surface area (Å²) >= 11 is 0. The van der Waals surface area contributed by atoms with Crippen molar-refractivity contribution in [1.82, 2.24) is 9.21 Å². The average Bonchev–Trinajstić information content (AvgIpc) is 3.31. The van der Waals surface area contributed by atoms with Gasteiger partial charge in [0.05, 0.1) is 18.1 Å². The van der Waals surface area contributed by atoms with Gasteiger partial charge in [0.2, 0.25) is 10.0 Å². The van der Waals surface area contributed by atoms with Gasteiger partial charge in [0.25, 0.3) is 5.91 Å². The van der Waals surface area contributed by atoms with Gasteiger partial charge in [-0.05, 0) is 54.8 Å². The van der Waals surface area contributed by atoms with Gasteiger partial charge in [0.1, 0.15) is 0 Å². The summed E-state index contributed by atoms with van der Waals surface area (Å²) in [5.41, 5.74) is 2.23. The molecule has 2 saturated heterocycles. The van der Waals surface area contributed by atoms with Crippen molar-refractivity contribution in [3.63, 3.8) is 0 Å². The van der Waals surface area contributed by atoms with E-state index in [-0.39, 0.29) is 10.8 Å². The van der Waals surface area contributed by atoms with Crippen molar-refractivity contribution in [2.75, 3.05) is 44.7 Å². The Hall–Kier alpha value is -2.26. The molecule has 2 fully saturated rings. The molecule has 0 spiro atoms. The second kappa shape index (κ2) is 9.26. The number of hydrogen-bond acceptors (Lipinski definition) is 5. The fraction of sp³-hybridized carbons (Fsp3) is 0.409. The van der Waals surface area contributed by atoms with Crippen LogP contribution in [0.15, 0.2) is 53.4 Å². The highest BCUT2D eigenvalue weighted by Crippen LogP contribution is 2.22. The molecule has 0 unspecified atom stereocenters. The number of benzene rings is 2. The molecule has 160 valence electrons. The zero-order chi connectivity index (χ0) is 21.0. The highest BCUT2D eigenvalue weighted by Gasteiger charge is 2.27. The molecule has 7 nitrogen and oxygen atoms in total. The molecule has 1 N–H and O–H groups in total. The minimum atomic E-state index is -3.45. The lowest BCUT2D eigenvalue weighted by molar-refractivity contribution is 0.0342. The number of nitrogens with zero attached hydrogens (tertiary/aromatic N) is 2. The van der Waals surface area contributed by atoms with Gasteiger partial charge in [-0.2, -0.15) is 4.31 Å². The van der Waals surface area contributed by atoms with Crippen LogP contribution in [0.3, 0.4) is 0 Å². The molecule has 0 bridgehead atoms. The number of ether oxygens (including phenoxy) is 1. The smallest absolute Gasteiger partial charge is 0.255 e. The van der Waals surface area contributed by atoms with Gasteiger partial charge >= 0.3 is 0 Å². The lowest BCUT2D eigenvalue weighted by Crippen LogP contribution is -2.35. The molecule has 4 rings (SSSR count). The third kappa shape index (κ3) is 4.89. The molecule has 30 heavy (non-hydrogen) atoms. The molecule has 0 aliphatic carbocycles. The van der Waals surface area contributed by atoms with Crippen LogP contribution in [-0.4, -0.2) is 62.9 Å². The molecular weight excluding hydrogens is 402 g/mol. The number of sulfonamides is 1. The first-order valence-corrected chi connectivity index (χ1v) is 11.8. The van der Waals surface area contributed by atoms with Crippen LogP contribution in [0, 0.1) is 0 Å². The molecule has 0 aromatic heterocycles. The predicted octanol–water partition coefficient (Wildman–Crippen LogP) is 2.56. The van der Waals surface area contributed by atoms with Crippen LogP contribution in [0.4, 0.5) is 5.69 Å². The van der Waals surface area contributed by atoms with Gasteiger partial charge in [0.15, 0.2) is 0 Å². The van der Waals surface area contributed by atoms with Crippen LogP contribution in [0.5, 0.6) is 0 Å². The molecule has 8 heteroatoms. The van der Waals surface area contributed by atoms with Gasteiger partial charge in [-0.25, -0.2) is 8.42 Å². The Morgan fingerprint density at radius 3 is 2.37 bits per heavy atom. The summed E-state index contributed by atoms with van der Waals surface area (Å²) in [6.07, 6.45) is 1.80. The molecular formula is C22H27N3O4S. The first-order valence-electron chi connectivity index (χ1n) is 10.3. The molecule has 0 saturated carbocycles. The summed E-state index contributed by atoms with van der Waals surface area (Å²) in [6.45, 7) is 5.19. The third-order valence-electron chi connectivity index (χ3n) is 5.51. The number of morpholine rings is 1. The Bertz CT molecular complexity index is 980. The number of anilines is 1. The topological polar surface area (TPSA) is 79.0 Å². The monoisotopic (exact) mass is 429 g/mol. The van der Waals surface area contributed by atoms with E-state index in [2.05, 4.69) is 10.2 Å². The molecule has 2 aliphatic heterocycles. The van der Waals surface area contributed by atoms with Gasteiger partial charge in [-0.1, -0.05) is 12.1 Å². The average molecular weight is 430 g/mol. The molecule has 1 amide bonds. The van der Waals surface area contributed by atoms with E-state index in [9.17, 15) is 13.2 Å². The van der Waals surface area contributed by atoms with Crippen LogP contribution in [-0.2, 0) is 21.3 Å². The molecule has 2 aromatic carbocycles. The Morgan fingerprint density at radius 1 is 0.967 bits per heavy atom. The largest absolute Gasteiger partial charge is 0.379 e. The van der Waals surface area contributed by atoms with E-state index in [1.165, 1.54) is 4.31 Å². The normalized spacial score (nSPS) is 18.4. The van der Waals surface area contributed by atoms with E-state index in [1.807, 2.05) is 18.2 Å². The zero-order valence-electron chi connectivity index (χ0n) is 16.9. The van der Waals surface area contributed by atoms with Gasteiger partial charge in [-0.3, -0.25) is 9.69 Å². The summed E-state index contributed by atoms with van der Waals surface area (Å²) in [7, 11) is -3.45. The number of hydrogen-bond donors (Lipinski definition) is 1. The maximum Gasteiger partial charge on any atom is 0.255 e. The number of amides is 1. The maximum atomic E-state index is 12.7. The first-order chi connectivity index (χ1) is 14.5. The number of nitrogens with one attached hydrogen (secondary N) is 1. The molecule has 2 aromatic rings. The van der Waals surface area contributed by atoms with Crippen LogP contribution in [0.1, 0.15) is 28.8 Å². The van der Waals surface area contributed by atoms with E-state index in [0.717, 1.165) is 51.3 Å². The summed E-state index contributed by atoms with van der Waals surface area (Å²) in [5.74, 6) is -0.214. The second-order valence-corrected chi connectivity index (χ2v) is 9.62. The van der Waals surface area contributed by atoms with E-state index < -0.39 is 10.0 Å². The van der Waals surface area contributed by atoms with E-state index in [0.29, 0.717) is 24.3 Å². The zero-order valence-corrected chi connectivity index (χ0v) is 17.7. The van der Waals surface area contributed by atoms with Crippen molar-refractivity contribution in [3.05, 3.63) is 59.7 Å². The highest BCUT2D eigenvalue weighted by molar-refractivity contribution is 7.89. The fourth-order valence-corrected chi connectivity index (χ4v) is 5.34. The van der Waals surface area contributed by atoms with Crippen molar-refractivity contribution in [3.8, 4) is 0 Å².